The molecule has 86 valence electrons. The summed E-state index contributed by atoms with van der Waals surface area (Å²) in [5.41, 5.74) is 2.27. The first kappa shape index (κ1) is 11.5. The Hall–Kier alpha value is -0.970. The van der Waals surface area contributed by atoms with E-state index in [-0.39, 0.29) is 12.6 Å². The average Bonchev–Trinajstić information content (AvgIpc) is 2.76. The molecule has 2 N–H and O–H groups in total. The largest absolute Gasteiger partial charge is 0.396 e. The Kier molecular flexibility index (Phi) is 3.88. The normalized spacial score (nSPS) is 13.1. The molecule has 0 spiro atoms. The molecule has 0 bridgehead atoms. The molecule has 1 unspecified atom stereocenters. The summed E-state index contributed by atoms with van der Waals surface area (Å²) in [5, 5.41) is 14.1. The lowest BCUT2D eigenvalue weighted by atomic mass is 10.1. The molecule has 3 nitrogen and oxygen atoms in total. The molecular weight excluding hydrogens is 220 g/mol. The molecule has 2 heterocycles. The standard InChI is InChI=1S/C12H16N2OS/c1-9(13-4-2-5-15)10-7-12-11(14-8-10)3-6-16-12/h3,6-9,13,15H,2,4-5H2,1H3. The first-order valence-electron chi connectivity index (χ1n) is 5.48. The van der Waals surface area contributed by atoms with E-state index in [1.165, 1.54) is 10.3 Å². The number of rotatable bonds is 5. The third-order valence-corrected chi connectivity index (χ3v) is 3.46. The molecule has 16 heavy (non-hydrogen) atoms. The zero-order valence-electron chi connectivity index (χ0n) is 9.31. The van der Waals surface area contributed by atoms with E-state index in [1.807, 2.05) is 12.3 Å². The molecule has 0 aliphatic carbocycles. The van der Waals surface area contributed by atoms with Gasteiger partial charge in [-0.2, -0.15) is 0 Å². The summed E-state index contributed by atoms with van der Waals surface area (Å²) in [6.45, 7) is 3.19. The van der Waals surface area contributed by atoms with Crippen molar-refractivity contribution in [2.24, 2.45) is 0 Å². The van der Waals surface area contributed by atoms with Crippen LogP contribution in [0.4, 0.5) is 0 Å². The molecule has 0 aromatic carbocycles. The van der Waals surface area contributed by atoms with Crippen LogP contribution in [0.1, 0.15) is 24.9 Å². The maximum absolute atomic E-state index is 8.71. The van der Waals surface area contributed by atoms with Gasteiger partial charge in [0.2, 0.25) is 0 Å². The number of thiophene rings is 1. The summed E-state index contributed by atoms with van der Waals surface area (Å²) < 4.78 is 1.23. The second-order valence-corrected chi connectivity index (χ2v) is 4.77. The van der Waals surface area contributed by atoms with Gasteiger partial charge in [0.1, 0.15) is 0 Å². The third kappa shape index (κ3) is 2.58. The van der Waals surface area contributed by atoms with E-state index in [0.29, 0.717) is 0 Å². The van der Waals surface area contributed by atoms with E-state index in [9.17, 15) is 0 Å². The van der Waals surface area contributed by atoms with E-state index >= 15 is 0 Å². The highest BCUT2D eigenvalue weighted by atomic mass is 32.1. The number of hydrogen-bond donors (Lipinski definition) is 2. The van der Waals surface area contributed by atoms with Crippen LogP contribution in [0.3, 0.4) is 0 Å². The Morgan fingerprint density at radius 2 is 2.44 bits per heavy atom. The molecule has 0 radical (unpaired) electrons. The number of nitrogens with one attached hydrogen (secondary N) is 1. The van der Waals surface area contributed by atoms with Gasteiger partial charge in [-0.15, -0.1) is 11.3 Å². The predicted molar refractivity (Wildman–Crippen MR) is 67.7 cm³/mol. The van der Waals surface area contributed by atoms with Crippen LogP contribution in [0, 0.1) is 0 Å². The van der Waals surface area contributed by atoms with Gasteiger partial charge in [-0.1, -0.05) is 0 Å². The highest BCUT2D eigenvalue weighted by Crippen LogP contribution is 2.22. The lowest BCUT2D eigenvalue weighted by Gasteiger charge is -2.13. The van der Waals surface area contributed by atoms with Crippen molar-refractivity contribution in [2.75, 3.05) is 13.2 Å². The summed E-state index contributed by atoms with van der Waals surface area (Å²) in [6.07, 6.45) is 2.71. The number of fused-ring (bicyclic) bond motifs is 1. The first-order valence-corrected chi connectivity index (χ1v) is 6.36. The van der Waals surface area contributed by atoms with Crippen molar-refractivity contribution in [2.45, 2.75) is 19.4 Å². The summed E-state index contributed by atoms with van der Waals surface area (Å²) in [4.78, 5) is 4.41. The summed E-state index contributed by atoms with van der Waals surface area (Å²) in [5.74, 6) is 0. The number of nitrogens with zero attached hydrogens (tertiary/aromatic N) is 1. The maximum Gasteiger partial charge on any atom is 0.0809 e. The van der Waals surface area contributed by atoms with Gasteiger partial charge in [0.25, 0.3) is 0 Å². The smallest absolute Gasteiger partial charge is 0.0809 e. The average molecular weight is 236 g/mol. The zero-order valence-corrected chi connectivity index (χ0v) is 10.1. The number of aromatic nitrogens is 1. The molecule has 2 rings (SSSR count). The molecule has 2 aromatic heterocycles. The second kappa shape index (κ2) is 5.39. The predicted octanol–water partition coefficient (Wildman–Crippen LogP) is 2.33. The SMILES string of the molecule is CC(NCCCO)c1cnc2ccsc2c1. The van der Waals surface area contributed by atoms with Crippen LogP contribution in [0.15, 0.2) is 23.7 Å². The van der Waals surface area contributed by atoms with Crippen molar-refractivity contribution in [3.63, 3.8) is 0 Å². The minimum absolute atomic E-state index is 0.238. The minimum Gasteiger partial charge on any atom is -0.396 e. The van der Waals surface area contributed by atoms with Gasteiger partial charge >= 0.3 is 0 Å². The Bertz CT molecular complexity index is 455. The fraction of sp³-hybridized carbons (Fsp3) is 0.417. The molecule has 0 saturated heterocycles. The first-order chi connectivity index (χ1) is 7.81. The van der Waals surface area contributed by atoms with E-state index < -0.39 is 0 Å². The fourth-order valence-electron chi connectivity index (χ4n) is 1.61. The lowest BCUT2D eigenvalue weighted by Crippen LogP contribution is -2.20. The molecule has 4 heteroatoms. The highest BCUT2D eigenvalue weighted by molar-refractivity contribution is 7.17. The van der Waals surface area contributed by atoms with Crippen LogP contribution in [0.2, 0.25) is 0 Å². The van der Waals surface area contributed by atoms with Gasteiger partial charge in [-0.05, 0) is 43.0 Å². The molecule has 2 aromatic rings. The van der Waals surface area contributed by atoms with Crippen LogP contribution >= 0.6 is 11.3 Å². The van der Waals surface area contributed by atoms with Crippen LogP contribution < -0.4 is 5.32 Å². The molecule has 0 aliphatic rings. The van der Waals surface area contributed by atoms with Gasteiger partial charge in [-0.25, -0.2) is 0 Å². The van der Waals surface area contributed by atoms with Gasteiger partial charge in [0, 0.05) is 18.8 Å². The Morgan fingerprint density at radius 1 is 1.56 bits per heavy atom. The monoisotopic (exact) mass is 236 g/mol. The Morgan fingerprint density at radius 3 is 3.25 bits per heavy atom. The Balaban J connectivity index is 2.07. The van der Waals surface area contributed by atoms with Crippen molar-refractivity contribution in [1.29, 1.82) is 0 Å². The number of aliphatic hydroxyl groups is 1. The second-order valence-electron chi connectivity index (χ2n) is 3.83. The van der Waals surface area contributed by atoms with Gasteiger partial charge in [0.15, 0.2) is 0 Å². The lowest BCUT2D eigenvalue weighted by molar-refractivity contribution is 0.284. The van der Waals surface area contributed by atoms with Crippen molar-refractivity contribution in [3.05, 3.63) is 29.3 Å². The summed E-state index contributed by atoms with van der Waals surface area (Å²) in [6, 6.07) is 4.50. The number of hydrogen-bond acceptors (Lipinski definition) is 4. The topological polar surface area (TPSA) is 45.1 Å². The molecule has 0 amide bonds. The van der Waals surface area contributed by atoms with Crippen LogP contribution in [-0.2, 0) is 0 Å². The van der Waals surface area contributed by atoms with Gasteiger partial charge < -0.3 is 10.4 Å². The van der Waals surface area contributed by atoms with Gasteiger partial charge in [-0.3, -0.25) is 4.98 Å². The zero-order chi connectivity index (χ0) is 11.4. The van der Waals surface area contributed by atoms with E-state index in [4.69, 9.17) is 5.11 Å². The minimum atomic E-state index is 0.238. The van der Waals surface area contributed by atoms with Crippen molar-refractivity contribution in [3.8, 4) is 0 Å². The molecular formula is C12H16N2OS. The highest BCUT2D eigenvalue weighted by Gasteiger charge is 2.06. The van der Waals surface area contributed by atoms with Crippen molar-refractivity contribution < 1.29 is 5.11 Å². The fourth-order valence-corrected chi connectivity index (χ4v) is 2.40. The van der Waals surface area contributed by atoms with Crippen LogP contribution in [0.5, 0.6) is 0 Å². The van der Waals surface area contributed by atoms with Gasteiger partial charge in [0.05, 0.1) is 10.2 Å². The number of pyridine rings is 1. The van der Waals surface area contributed by atoms with E-state index in [0.717, 1.165) is 18.5 Å². The van der Waals surface area contributed by atoms with E-state index in [1.54, 1.807) is 11.3 Å². The molecule has 0 aliphatic heterocycles. The quantitative estimate of drug-likeness (QED) is 0.783. The van der Waals surface area contributed by atoms with Crippen molar-refractivity contribution in [1.82, 2.24) is 10.3 Å². The molecule has 0 saturated carbocycles. The number of aliphatic hydroxyl groups excluding tert-OH is 1. The maximum atomic E-state index is 8.71. The van der Waals surface area contributed by atoms with Crippen LogP contribution in [-0.4, -0.2) is 23.2 Å². The third-order valence-electron chi connectivity index (χ3n) is 2.61. The van der Waals surface area contributed by atoms with Crippen LogP contribution in [0.25, 0.3) is 10.2 Å². The van der Waals surface area contributed by atoms with E-state index in [2.05, 4.69) is 28.7 Å². The molecule has 0 fully saturated rings. The Labute approximate surface area is 99.1 Å². The molecule has 1 atom stereocenters. The van der Waals surface area contributed by atoms with Crippen molar-refractivity contribution >= 4 is 21.6 Å². The summed E-state index contributed by atoms with van der Waals surface area (Å²) >= 11 is 1.72. The summed E-state index contributed by atoms with van der Waals surface area (Å²) in [7, 11) is 0.